The molecule has 0 amide bonds. The number of hydrogen-bond donors (Lipinski definition) is 1. The second-order valence-electron chi connectivity index (χ2n) is 5.79. The summed E-state index contributed by atoms with van der Waals surface area (Å²) in [6, 6.07) is 0.542. The molecule has 16 heavy (non-hydrogen) atoms. The molecule has 1 aliphatic carbocycles. The van der Waals surface area contributed by atoms with Gasteiger partial charge >= 0.3 is 0 Å². The summed E-state index contributed by atoms with van der Waals surface area (Å²) in [6.45, 7) is 5.64. The lowest BCUT2D eigenvalue weighted by atomic mass is 10.1. The van der Waals surface area contributed by atoms with Gasteiger partial charge < -0.3 is 9.84 Å². The van der Waals surface area contributed by atoms with Crippen molar-refractivity contribution in [2.24, 2.45) is 5.41 Å². The van der Waals surface area contributed by atoms with Crippen LogP contribution in [0.25, 0.3) is 0 Å². The minimum atomic E-state index is 0.382. The van der Waals surface area contributed by atoms with E-state index < -0.39 is 0 Å². The van der Waals surface area contributed by atoms with E-state index in [1.54, 1.807) is 0 Å². The zero-order valence-electron chi connectivity index (χ0n) is 9.99. The van der Waals surface area contributed by atoms with Gasteiger partial charge in [-0.1, -0.05) is 19.0 Å². The van der Waals surface area contributed by atoms with Gasteiger partial charge in [0.25, 0.3) is 0 Å². The van der Waals surface area contributed by atoms with Gasteiger partial charge in [0.1, 0.15) is 0 Å². The molecule has 2 heterocycles. The Hall–Kier alpha value is -0.900. The van der Waals surface area contributed by atoms with Crippen LogP contribution in [0.2, 0.25) is 0 Å². The van der Waals surface area contributed by atoms with E-state index in [1.165, 1.54) is 19.3 Å². The van der Waals surface area contributed by atoms with E-state index in [-0.39, 0.29) is 0 Å². The van der Waals surface area contributed by atoms with Gasteiger partial charge in [-0.05, 0) is 31.2 Å². The molecule has 4 heteroatoms. The molecule has 1 aromatic heterocycles. The molecular formula is C12H19N3O. The second kappa shape index (κ2) is 3.55. The molecule has 1 N–H and O–H groups in total. The monoisotopic (exact) mass is 221 g/mol. The largest absolute Gasteiger partial charge is 0.339 e. The lowest BCUT2D eigenvalue weighted by Crippen LogP contribution is -2.23. The first-order valence-electron chi connectivity index (χ1n) is 6.21. The van der Waals surface area contributed by atoms with Crippen LogP contribution in [0.3, 0.4) is 0 Å². The van der Waals surface area contributed by atoms with Crippen molar-refractivity contribution >= 4 is 0 Å². The maximum absolute atomic E-state index is 5.32. The van der Waals surface area contributed by atoms with Crippen molar-refractivity contribution in [1.82, 2.24) is 15.5 Å². The maximum Gasteiger partial charge on any atom is 0.228 e. The van der Waals surface area contributed by atoms with Crippen molar-refractivity contribution in [1.29, 1.82) is 0 Å². The molecule has 0 radical (unpaired) electrons. The highest BCUT2D eigenvalue weighted by molar-refractivity contribution is 5.14. The minimum absolute atomic E-state index is 0.382. The Morgan fingerprint density at radius 3 is 2.94 bits per heavy atom. The topological polar surface area (TPSA) is 51.0 Å². The van der Waals surface area contributed by atoms with Gasteiger partial charge in [0.05, 0.1) is 0 Å². The Morgan fingerprint density at radius 2 is 2.31 bits per heavy atom. The SMILES string of the molecule is CC1(C)CC1c1noc(CC2CCCN2)n1. The molecule has 1 saturated carbocycles. The van der Waals surface area contributed by atoms with Gasteiger partial charge in [0.2, 0.25) is 5.89 Å². The normalized spacial score (nSPS) is 31.9. The standard InChI is InChI=1S/C12H19N3O/c1-12(2)7-9(12)11-14-10(16-15-11)6-8-4-3-5-13-8/h8-9,13H,3-7H2,1-2H3. The van der Waals surface area contributed by atoms with Gasteiger partial charge in [-0.3, -0.25) is 0 Å². The molecule has 1 aliphatic heterocycles. The van der Waals surface area contributed by atoms with Gasteiger partial charge in [-0.2, -0.15) is 4.98 Å². The van der Waals surface area contributed by atoms with Gasteiger partial charge in [0.15, 0.2) is 5.82 Å². The van der Waals surface area contributed by atoms with Gasteiger partial charge in [0, 0.05) is 18.4 Å². The van der Waals surface area contributed by atoms with Crippen molar-refractivity contribution < 1.29 is 4.52 Å². The molecule has 0 bridgehead atoms. The van der Waals surface area contributed by atoms with Crippen LogP contribution in [-0.4, -0.2) is 22.7 Å². The van der Waals surface area contributed by atoms with E-state index in [9.17, 15) is 0 Å². The molecule has 0 aromatic carbocycles. The average Bonchev–Trinajstić information content (AvgIpc) is 2.70. The van der Waals surface area contributed by atoms with Crippen LogP contribution >= 0.6 is 0 Å². The lowest BCUT2D eigenvalue weighted by Gasteiger charge is -2.04. The number of aromatic nitrogens is 2. The minimum Gasteiger partial charge on any atom is -0.339 e. The van der Waals surface area contributed by atoms with E-state index >= 15 is 0 Å². The fourth-order valence-electron chi connectivity index (χ4n) is 2.54. The first-order chi connectivity index (χ1) is 7.65. The molecule has 2 unspecified atom stereocenters. The Morgan fingerprint density at radius 1 is 1.50 bits per heavy atom. The Balaban J connectivity index is 1.64. The van der Waals surface area contributed by atoms with Gasteiger partial charge in [-0.25, -0.2) is 0 Å². The Labute approximate surface area is 95.8 Å². The maximum atomic E-state index is 5.32. The molecule has 1 aromatic rings. The van der Waals surface area contributed by atoms with Crippen LogP contribution in [-0.2, 0) is 6.42 Å². The molecule has 0 spiro atoms. The summed E-state index contributed by atoms with van der Waals surface area (Å²) in [5.74, 6) is 2.23. The van der Waals surface area contributed by atoms with Crippen molar-refractivity contribution in [2.45, 2.75) is 51.5 Å². The van der Waals surface area contributed by atoms with Crippen molar-refractivity contribution in [2.75, 3.05) is 6.54 Å². The van der Waals surface area contributed by atoms with Crippen molar-refractivity contribution in [3.8, 4) is 0 Å². The lowest BCUT2D eigenvalue weighted by molar-refractivity contribution is 0.358. The molecule has 2 fully saturated rings. The van der Waals surface area contributed by atoms with Crippen LogP contribution in [0.5, 0.6) is 0 Å². The summed E-state index contributed by atoms with van der Waals surface area (Å²) in [6.07, 6.45) is 4.57. The summed E-state index contributed by atoms with van der Waals surface area (Å²) in [5.41, 5.74) is 0.382. The predicted octanol–water partition coefficient (Wildman–Crippen LogP) is 1.88. The summed E-state index contributed by atoms with van der Waals surface area (Å²) in [7, 11) is 0. The smallest absolute Gasteiger partial charge is 0.228 e. The quantitative estimate of drug-likeness (QED) is 0.846. The third-order valence-electron chi connectivity index (χ3n) is 3.89. The Kier molecular flexibility index (Phi) is 2.28. The van der Waals surface area contributed by atoms with Crippen LogP contribution in [0.4, 0.5) is 0 Å². The van der Waals surface area contributed by atoms with E-state index in [2.05, 4.69) is 29.3 Å². The van der Waals surface area contributed by atoms with Crippen LogP contribution < -0.4 is 5.32 Å². The van der Waals surface area contributed by atoms with E-state index in [0.717, 1.165) is 24.7 Å². The predicted molar refractivity (Wildman–Crippen MR) is 60.2 cm³/mol. The average molecular weight is 221 g/mol. The van der Waals surface area contributed by atoms with Crippen molar-refractivity contribution in [3.63, 3.8) is 0 Å². The summed E-state index contributed by atoms with van der Waals surface area (Å²) >= 11 is 0. The second-order valence-corrected chi connectivity index (χ2v) is 5.79. The van der Waals surface area contributed by atoms with Crippen LogP contribution in [0.1, 0.15) is 50.7 Å². The number of hydrogen-bond acceptors (Lipinski definition) is 4. The van der Waals surface area contributed by atoms with Crippen LogP contribution in [0, 0.1) is 5.41 Å². The highest BCUT2D eigenvalue weighted by Gasteiger charge is 2.49. The number of nitrogens with zero attached hydrogens (tertiary/aromatic N) is 2. The summed E-state index contributed by atoms with van der Waals surface area (Å²) < 4.78 is 5.32. The molecule has 1 saturated heterocycles. The first kappa shape index (κ1) is 10.3. The van der Waals surface area contributed by atoms with E-state index in [4.69, 9.17) is 4.52 Å². The van der Waals surface area contributed by atoms with E-state index in [1.807, 2.05) is 0 Å². The Bertz CT molecular complexity index is 379. The zero-order valence-corrected chi connectivity index (χ0v) is 9.99. The highest BCUT2D eigenvalue weighted by atomic mass is 16.5. The molecular weight excluding hydrogens is 202 g/mol. The summed E-state index contributed by atoms with van der Waals surface area (Å²) in [4.78, 5) is 4.51. The summed E-state index contributed by atoms with van der Waals surface area (Å²) in [5, 5.41) is 7.55. The third-order valence-corrected chi connectivity index (χ3v) is 3.89. The molecule has 2 aliphatic rings. The first-order valence-corrected chi connectivity index (χ1v) is 6.21. The van der Waals surface area contributed by atoms with Gasteiger partial charge in [-0.15, -0.1) is 0 Å². The fraction of sp³-hybridized carbons (Fsp3) is 0.833. The molecule has 3 rings (SSSR count). The number of nitrogens with one attached hydrogen (secondary N) is 1. The molecule has 88 valence electrons. The molecule has 2 atom stereocenters. The van der Waals surface area contributed by atoms with Crippen molar-refractivity contribution in [3.05, 3.63) is 11.7 Å². The third kappa shape index (κ3) is 1.86. The van der Waals surface area contributed by atoms with Crippen LogP contribution in [0.15, 0.2) is 4.52 Å². The number of rotatable bonds is 3. The highest BCUT2D eigenvalue weighted by Crippen LogP contribution is 2.57. The fourth-order valence-corrected chi connectivity index (χ4v) is 2.54. The zero-order chi connectivity index (χ0) is 11.2. The van der Waals surface area contributed by atoms with E-state index in [0.29, 0.717) is 17.4 Å². The molecule has 4 nitrogen and oxygen atoms in total.